The Morgan fingerprint density at radius 2 is 1.96 bits per heavy atom. The monoisotopic (exact) mass is 313 g/mol. The molecule has 0 fully saturated rings. The van der Waals surface area contributed by atoms with E-state index < -0.39 is 0 Å². The van der Waals surface area contributed by atoms with Crippen LogP contribution in [0.2, 0.25) is 0 Å². The number of ether oxygens (including phenoxy) is 1. The molecule has 23 heavy (non-hydrogen) atoms. The third-order valence-corrected chi connectivity index (χ3v) is 3.56. The Morgan fingerprint density at radius 3 is 2.70 bits per heavy atom. The van der Waals surface area contributed by atoms with Gasteiger partial charge in [-0.3, -0.25) is 4.98 Å². The van der Waals surface area contributed by atoms with Crippen LogP contribution in [0.5, 0.6) is 5.75 Å². The number of para-hydroxylation sites is 1. The predicted molar refractivity (Wildman–Crippen MR) is 90.6 cm³/mol. The van der Waals surface area contributed by atoms with Crippen molar-refractivity contribution in [2.24, 2.45) is 0 Å². The maximum absolute atomic E-state index is 12.0. The van der Waals surface area contributed by atoms with E-state index >= 15 is 0 Å². The Hall–Kier alpha value is -2.56. The zero-order valence-corrected chi connectivity index (χ0v) is 13.7. The Bertz CT molecular complexity index is 617. The van der Waals surface area contributed by atoms with Gasteiger partial charge in [0.2, 0.25) is 0 Å². The average Bonchev–Trinajstić information content (AvgIpc) is 2.58. The van der Waals surface area contributed by atoms with Crippen LogP contribution in [0.15, 0.2) is 48.8 Å². The maximum atomic E-state index is 12.0. The molecule has 2 amide bonds. The number of carbonyl (C=O) groups is 1. The molecule has 5 heteroatoms. The zero-order valence-electron chi connectivity index (χ0n) is 13.7. The number of aryl methyl sites for hydroxylation is 1. The highest BCUT2D eigenvalue weighted by molar-refractivity contribution is 5.73. The SMILES string of the molecule is Cc1ccccc1OCCNC(=O)N(C)CCc1ccncc1. The Morgan fingerprint density at radius 1 is 1.22 bits per heavy atom. The van der Waals surface area contributed by atoms with Crippen molar-refractivity contribution in [2.75, 3.05) is 26.7 Å². The van der Waals surface area contributed by atoms with Gasteiger partial charge in [0.15, 0.2) is 0 Å². The number of aromatic nitrogens is 1. The molecule has 5 nitrogen and oxygen atoms in total. The normalized spacial score (nSPS) is 10.2. The van der Waals surface area contributed by atoms with E-state index in [1.807, 2.05) is 43.3 Å². The minimum Gasteiger partial charge on any atom is -0.491 e. The quantitative estimate of drug-likeness (QED) is 0.800. The number of amides is 2. The van der Waals surface area contributed by atoms with Crippen molar-refractivity contribution >= 4 is 6.03 Å². The zero-order chi connectivity index (χ0) is 16.5. The Labute approximate surface area is 137 Å². The maximum Gasteiger partial charge on any atom is 0.317 e. The molecule has 0 aliphatic carbocycles. The highest BCUT2D eigenvalue weighted by Crippen LogP contribution is 2.15. The lowest BCUT2D eigenvalue weighted by Gasteiger charge is -2.18. The van der Waals surface area contributed by atoms with Gasteiger partial charge in [-0.15, -0.1) is 0 Å². The largest absolute Gasteiger partial charge is 0.491 e. The van der Waals surface area contributed by atoms with Crippen molar-refractivity contribution in [1.82, 2.24) is 15.2 Å². The molecule has 0 atom stereocenters. The number of rotatable bonds is 7. The van der Waals surface area contributed by atoms with E-state index in [9.17, 15) is 4.79 Å². The summed E-state index contributed by atoms with van der Waals surface area (Å²) in [5, 5.41) is 2.86. The molecule has 2 aromatic rings. The fraction of sp³-hybridized carbons (Fsp3) is 0.333. The van der Waals surface area contributed by atoms with Crippen molar-refractivity contribution in [3.05, 3.63) is 59.9 Å². The molecule has 0 radical (unpaired) electrons. The summed E-state index contributed by atoms with van der Waals surface area (Å²) in [6.45, 7) is 3.59. The van der Waals surface area contributed by atoms with E-state index in [-0.39, 0.29) is 6.03 Å². The first-order valence-corrected chi connectivity index (χ1v) is 7.73. The van der Waals surface area contributed by atoms with E-state index in [4.69, 9.17) is 4.74 Å². The van der Waals surface area contributed by atoms with Gasteiger partial charge in [-0.05, 0) is 42.7 Å². The molecule has 0 unspecified atom stereocenters. The first-order chi connectivity index (χ1) is 11.2. The number of carbonyl (C=O) groups excluding carboxylic acids is 1. The molecule has 0 aliphatic rings. The Kier molecular flexibility index (Phi) is 6.41. The molecule has 122 valence electrons. The standard InChI is InChI=1S/C18H23N3O2/c1-15-5-3-4-6-17(15)23-14-12-20-18(22)21(2)13-9-16-7-10-19-11-8-16/h3-8,10-11H,9,12-14H2,1-2H3,(H,20,22). The molecule has 0 aliphatic heterocycles. The second-order valence-corrected chi connectivity index (χ2v) is 5.37. The van der Waals surface area contributed by atoms with Gasteiger partial charge < -0.3 is 15.0 Å². The van der Waals surface area contributed by atoms with Crippen LogP contribution >= 0.6 is 0 Å². The summed E-state index contributed by atoms with van der Waals surface area (Å²) < 4.78 is 5.66. The molecular formula is C18H23N3O2. The molecule has 0 saturated carbocycles. The lowest BCUT2D eigenvalue weighted by atomic mass is 10.2. The van der Waals surface area contributed by atoms with Crippen LogP contribution in [-0.2, 0) is 6.42 Å². The van der Waals surface area contributed by atoms with Crippen molar-refractivity contribution in [3.8, 4) is 5.75 Å². The van der Waals surface area contributed by atoms with Crippen LogP contribution in [0.1, 0.15) is 11.1 Å². The lowest BCUT2D eigenvalue weighted by Crippen LogP contribution is -2.40. The minimum absolute atomic E-state index is 0.0903. The van der Waals surface area contributed by atoms with Crippen molar-refractivity contribution in [3.63, 3.8) is 0 Å². The van der Waals surface area contributed by atoms with Crippen LogP contribution < -0.4 is 10.1 Å². The highest BCUT2D eigenvalue weighted by atomic mass is 16.5. The molecule has 0 saturated heterocycles. The van der Waals surface area contributed by atoms with Crippen LogP contribution in [0.4, 0.5) is 4.79 Å². The number of likely N-dealkylation sites (N-methyl/N-ethyl adjacent to an activating group) is 1. The molecule has 1 aromatic heterocycles. The van der Waals surface area contributed by atoms with Crippen LogP contribution in [0, 0.1) is 6.92 Å². The van der Waals surface area contributed by atoms with E-state index in [2.05, 4.69) is 10.3 Å². The van der Waals surface area contributed by atoms with E-state index in [0.29, 0.717) is 19.7 Å². The van der Waals surface area contributed by atoms with Crippen LogP contribution in [-0.4, -0.2) is 42.7 Å². The molecular weight excluding hydrogens is 290 g/mol. The number of hydrogen-bond donors (Lipinski definition) is 1. The van der Waals surface area contributed by atoms with Gasteiger partial charge in [-0.1, -0.05) is 18.2 Å². The third kappa shape index (κ3) is 5.62. The van der Waals surface area contributed by atoms with Gasteiger partial charge in [0.25, 0.3) is 0 Å². The van der Waals surface area contributed by atoms with E-state index in [1.165, 1.54) is 5.56 Å². The summed E-state index contributed by atoms with van der Waals surface area (Å²) in [6.07, 6.45) is 4.34. The molecule has 1 N–H and O–H groups in total. The minimum atomic E-state index is -0.0903. The second-order valence-electron chi connectivity index (χ2n) is 5.37. The van der Waals surface area contributed by atoms with Gasteiger partial charge in [-0.25, -0.2) is 4.79 Å². The van der Waals surface area contributed by atoms with E-state index in [1.54, 1.807) is 24.3 Å². The van der Waals surface area contributed by atoms with Crippen molar-refractivity contribution < 1.29 is 9.53 Å². The number of pyridine rings is 1. The molecule has 0 bridgehead atoms. The van der Waals surface area contributed by atoms with Crippen LogP contribution in [0.3, 0.4) is 0 Å². The molecule has 1 heterocycles. The van der Waals surface area contributed by atoms with Gasteiger partial charge >= 0.3 is 6.03 Å². The average molecular weight is 313 g/mol. The second kappa shape index (κ2) is 8.78. The van der Waals surface area contributed by atoms with E-state index in [0.717, 1.165) is 17.7 Å². The topological polar surface area (TPSA) is 54.5 Å². The number of nitrogens with one attached hydrogen (secondary N) is 1. The number of benzene rings is 1. The number of nitrogens with zero attached hydrogens (tertiary/aromatic N) is 2. The molecule has 0 spiro atoms. The summed E-state index contributed by atoms with van der Waals surface area (Å²) in [6, 6.07) is 11.7. The van der Waals surface area contributed by atoms with Gasteiger partial charge in [0.1, 0.15) is 12.4 Å². The smallest absolute Gasteiger partial charge is 0.317 e. The molecule has 2 rings (SSSR count). The highest BCUT2D eigenvalue weighted by Gasteiger charge is 2.07. The summed E-state index contributed by atoms with van der Waals surface area (Å²) in [5.74, 6) is 0.854. The summed E-state index contributed by atoms with van der Waals surface area (Å²) in [4.78, 5) is 17.6. The summed E-state index contributed by atoms with van der Waals surface area (Å²) >= 11 is 0. The molecule has 1 aromatic carbocycles. The van der Waals surface area contributed by atoms with Gasteiger partial charge in [0.05, 0.1) is 6.54 Å². The van der Waals surface area contributed by atoms with Crippen LogP contribution in [0.25, 0.3) is 0 Å². The summed E-state index contributed by atoms with van der Waals surface area (Å²) in [7, 11) is 1.79. The fourth-order valence-electron chi connectivity index (χ4n) is 2.12. The first-order valence-electron chi connectivity index (χ1n) is 7.73. The fourth-order valence-corrected chi connectivity index (χ4v) is 2.12. The summed E-state index contributed by atoms with van der Waals surface area (Å²) in [5.41, 5.74) is 2.26. The Balaban J connectivity index is 1.65. The third-order valence-electron chi connectivity index (χ3n) is 3.56. The van der Waals surface area contributed by atoms with Crippen molar-refractivity contribution in [1.29, 1.82) is 0 Å². The predicted octanol–water partition coefficient (Wildman–Crippen LogP) is 2.65. The number of urea groups is 1. The van der Waals surface area contributed by atoms with Crippen molar-refractivity contribution in [2.45, 2.75) is 13.3 Å². The van der Waals surface area contributed by atoms with Gasteiger partial charge in [0, 0.05) is 26.0 Å². The number of hydrogen-bond acceptors (Lipinski definition) is 3. The van der Waals surface area contributed by atoms with Gasteiger partial charge in [-0.2, -0.15) is 0 Å². The lowest BCUT2D eigenvalue weighted by molar-refractivity contribution is 0.206. The first kappa shape index (κ1) is 16.8.